The lowest BCUT2D eigenvalue weighted by atomic mass is 10.6. The third-order valence-electron chi connectivity index (χ3n) is 1.15. The number of nitrogens with one attached hydrogen (secondary N) is 1. The molecular formula is C4H8N2O5P+. The summed E-state index contributed by atoms with van der Waals surface area (Å²) in [5, 5.41) is 17.1. The highest BCUT2D eigenvalue weighted by Gasteiger charge is 2.37. The van der Waals surface area contributed by atoms with Crippen molar-refractivity contribution < 1.29 is 24.9 Å². The summed E-state index contributed by atoms with van der Waals surface area (Å²) in [7, 11) is -4.13. The van der Waals surface area contributed by atoms with Gasteiger partial charge in [0.25, 0.3) is 5.44 Å². The molecule has 0 spiro atoms. The molecule has 7 nitrogen and oxygen atoms in total. The third-order valence-corrected chi connectivity index (χ3v) is 2.02. The average Bonchev–Trinajstić information content (AvgIpc) is 2.30. The summed E-state index contributed by atoms with van der Waals surface area (Å²) in [5.41, 5.74) is -0.328. The van der Waals surface area contributed by atoms with Crippen molar-refractivity contribution in [2.75, 3.05) is 0 Å². The Kier molecular flexibility index (Phi) is 2.43. The number of aliphatic hydroxyl groups excluding tert-OH is 1. The van der Waals surface area contributed by atoms with Crippen LogP contribution < -0.4 is 5.44 Å². The minimum atomic E-state index is -4.13. The Hall–Kier alpha value is -0.560. The van der Waals surface area contributed by atoms with Crippen molar-refractivity contribution in [1.29, 1.82) is 0 Å². The molecule has 0 fully saturated rings. The van der Waals surface area contributed by atoms with Crippen molar-refractivity contribution in [2.24, 2.45) is 0 Å². The molecule has 1 rings (SSSR count). The Bertz CT molecular complexity index is 267. The highest BCUT2D eigenvalue weighted by Crippen LogP contribution is 2.41. The Labute approximate surface area is 67.5 Å². The van der Waals surface area contributed by atoms with E-state index in [4.69, 9.17) is 24.9 Å². The minimum Gasteiger partial charge on any atom is -0.362 e. The van der Waals surface area contributed by atoms with Gasteiger partial charge in [-0.25, -0.2) is 4.98 Å². The SMILES string of the molecule is OC(O)c1ncc([P+](O)(O)O)[nH]1. The van der Waals surface area contributed by atoms with Gasteiger partial charge in [0.05, 0.1) is 6.20 Å². The number of aliphatic hydroxyl groups is 2. The Morgan fingerprint density at radius 3 is 2.17 bits per heavy atom. The summed E-state index contributed by atoms with van der Waals surface area (Å²) in [4.78, 5) is 31.5. The average molecular weight is 195 g/mol. The van der Waals surface area contributed by atoms with Gasteiger partial charge in [0.2, 0.25) is 6.29 Å². The maximum Gasteiger partial charge on any atom is 0.460 e. The van der Waals surface area contributed by atoms with Crippen molar-refractivity contribution >= 4 is 13.4 Å². The first-order chi connectivity index (χ1) is 5.41. The van der Waals surface area contributed by atoms with E-state index >= 15 is 0 Å². The second kappa shape index (κ2) is 3.06. The molecule has 0 unspecified atom stereocenters. The number of nitrogens with zero attached hydrogens (tertiary/aromatic N) is 1. The molecule has 0 bridgehead atoms. The fourth-order valence-corrected chi connectivity index (χ4v) is 1.09. The molecule has 1 heterocycles. The standard InChI is InChI=1S/C4H8N2O5P/c7-4(8)3-5-1-2(6-3)12(9,10)11/h1,4,7-11H,(H,5,6)/q+1. The van der Waals surface area contributed by atoms with Crippen LogP contribution in [0.25, 0.3) is 0 Å². The Morgan fingerprint density at radius 1 is 1.33 bits per heavy atom. The number of aromatic nitrogens is 2. The van der Waals surface area contributed by atoms with Gasteiger partial charge in [-0.3, -0.25) is 0 Å². The maximum atomic E-state index is 8.67. The van der Waals surface area contributed by atoms with Crippen molar-refractivity contribution in [3.05, 3.63) is 12.0 Å². The zero-order valence-electron chi connectivity index (χ0n) is 5.79. The second-order valence-corrected chi connectivity index (χ2v) is 3.71. The predicted octanol–water partition coefficient (Wildman–Crippen LogP) is -2.24. The van der Waals surface area contributed by atoms with Crippen molar-refractivity contribution in [3.8, 4) is 0 Å². The van der Waals surface area contributed by atoms with Crippen molar-refractivity contribution in [2.45, 2.75) is 6.29 Å². The molecule has 0 aliphatic carbocycles. The lowest BCUT2D eigenvalue weighted by molar-refractivity contribution is -0.0487. The van der Waals surface area contributed by atoms with E-state index in [0.717, 1.165) is 6.20 Å². The molecule has 12 heavy (non-hydrogen) atoms. The molecular weight excluding hydrogens is 187 g/mol. The van der Waals surface area contributed by atoms with Gasteiger partial charge in [-0.15, -0.1) is 0 Å². The first-order valence-electron chi connectivity index (χ1n) is 2.90. The number of hydrogen-bond acceptors (Lipinski definition) is 6. The van der Waals surface area contributed by atoms with Crippen LogP contribution in [0.3, 0.4) is 0 Å². The monoisotopic (exact) mass is 195 g/mol. The molecule has 0 aliphatic heterocycles. The lowest BCUT2D eigenvalue weighted by Gasteiger charge is -1.98. The van der Waals surface area contributed by atoms with Crippen LogP contribution >= 0.6 is 7.94 Å². The number of H-pyrrole nitrogens is 1. The van der Waals surface area contributed by atoms with Crippen LogP contribution in [-0.2, 0) is 0 Å². The fourth-order valence-electron chi connectivity index (χ4n) is 0.610. The Balaban J connectivity index is 2.92. The summed E-state index contributed by atoms with van der Waals surface area (Å²) < 4.78 is 0. The van der Waals surface area contributed by atoms with E-state index in [1.165, 1.54) is 0 Å². The molecule has 0 saturated heterocycles. The van der Waals surface area contributed by atoms with Crippen LogP contribution in [0, 0.1) is 0 Å². The van der Waals surface area contributed by atoms with E-state index in [1.807, 2.05) is 0 Å². The van der Waals surface area contributed by atoms with E-state index in [-0.39, 0.29) is 11.3 Å². The summed E-state index contributed by atoms with van der Waals surface area (Å²) in [6, 6.07) is 0. The molecule has 0 radical (unpaired) electrons. The molecule has 0 saturated carbocycles. The minimum absolute atomic E-state index is 0.258. The molecule has 8 heteroatoms. The first-order valence-corrected chi connectivity index (χ1v) is 4.55. The zero-order chi connectivity index (χ0) is 9.35. The van der Waals surface area contributed by atoms with E-state index in [1.54, 1.807) is 0 Å². The van der Waals surface area contributed by atoms with Gasteiger partial charge >= 0.3 is 7.94 Å². The molecule has 0 atom stereocenters. The highest BCUT2D eigenvalue weighted by molar-refractivity contribution is 7.66. The third kappa shape index (κ3) is 1.98. The number of hydrogen-bond donors (Lipinski definition) is 6. The molecule has 68 valence electrons. The van der Waals surface area contributed by atoms with Gasteiger partial charge in [0.15, 0.2) is 5.82 Å². The van der Waals surface area contributed by atoms with Gasteiger partial charge in [-0.1, -0.05) is 0 Å². The maximum absolute atomic E-state index is 8.67. The summed E-state index contributed by atoms with van der Waals surface area (Å²) >= 11 is 0. The highest BCUT2D eigenvalue weighted by atomic mass is 31.2. The van der Waals surface area contributed by atoms with Crippen LogP contribution in [0.5, 0.6) is 0 Å². The molecule has 0 amide bonds. The second-order valence-electron chi connectivity index (χ2n) is 2.10. The van der Waals surface area contributed by atoms with Gasteiger partial charge in [0.1, 0.15) is 0 Å². The number of aromatic amines is 1. The molecule has 6 N–H and O–H groups in total. The van der Waals surface area contributed by atoms with E-state index in [9.17, 15) is 0 Å². The molecule has 0 aromatic carbocycles. The van der Waals surface area contributed by atoms with Crippen molar-refractivity contribution in [3.63, 3.8) is 0 Å². The normalized spacial score (nSPS) is 12.5. The Morgan fingerprint density at radius 2 is 1.92 bits per heavy atom. The van der Waals surface area contributed by atoms with Gasteiger partial charge in [-0.2, -0.15) is 14.7 Å². The van der Waals surface area contributed by atoms with E-state index in [2.05, 4.69) is 9.97 Å². The van der Waals surface area contributed by atoms with Crippen LogP contribution in [0.4, 0.5) is 0 Å². The summed E-state index contributed by atoms with van der Waals surface area (Å²) in [6.07, 6.45) is -0.909. The van der Waals surface area contributed by atoms with Crippen LogP contribution in [0.15, 0.2) is 6.20 Å². The molecule has 0 aliphatic rings. The van der Waals surface area contributed by atoms with Gasteiger partial charge < -0.3 is 15.2 Å². The number of imidazole rings is 1. The summed E-state index contributed by atoms with van der Waals surface area (Å²) in [5.74, 6) is -0.258. The lowest BCUT2D eigenvalue weighted by Crippen LogP contribution is -2.11. The molecule has 1 aromatic rings. The largest absolute Gasteiger partial charge is 0.460 e. The number of rotatable bonds is 2. The van der Waals surface area contributed by atoms with Crippen molar-refractivity contribution in [1.82, 2.24) is 9.97 Å². The topological polar surface area (TPSA) is 130 Å². The van der Waals surface area contributed by atoms with Gasteiger partial charge in [-0.05, 0) is 0 Å². The van der Waals surface area contributed by atoms with Crippen LogP contribution in [-0.4, -0.2) is 34.9 Å². The fraction of sp³-hybridized carbons (Fsp3) is 0.250. The van der Waals surface area contributed by atoms with E-state index in [0.29, 0.717) is 0 Å². The predicted molar refractivity (Wildman–Crippen MR) is 39.0 cm³/mol. The quantitative estimate of drug-likeness (QED) is 0.233. The van der Waals surface area contributed by atoms with Gasteiger partial charge in [0, 0.05) is 0 Å². The molecule has 1 aromatic heterocycles. The van der Waals surface area contributed by atoms with Crippen LogP contribution in [0.2, 0.25) is 0 Å². The smallest absolute Gasteiger partial charge is 0.362 e. The summed E-state index contributed by atoms with van der Waals surface area (Å²) in [6.45, 7) is 0. The zero-order valence-corrected chi connectivity index (χ0v) is 6.68. The van der Waals surface area contributed by atoms with Crippen LogP contribution in [0.1, 0.15) is 12.1 Å². The first kappa shape index (κ1) is 9.53. The van der Waals surface area contributed by atoms with E-state index < -0.39 is 14.2 Å².